The Hall–Kier alpha value is -1.62. The van der Waals surface area contributed by atoms with E-state index < -0.39 is 0 Å². The molecule has 1 aliphatic rings. The van der Waals surface area contributed by atoms with Crippen molar-refractivity contribution in [2.75, 3.05) is 6.61 Å². The van der Waals surface area contributed by atoms with Crippen LogP contribution in [0.5, 0.6) is 0 Å². The van der Waals surface area contributed by atoms with E-state index in [4.69, 9.17) is 4.74 Å². The maximum Gasteiger partial charge on any atom is 0.255 e. The van der Waals surface area contributed by atoms with E-state index >= 15 is 0 Å². The van der Waals surface area contributed by atoms with Crippen molar-refractivity contribution in [2.24, 2.45) is 5.92 Å². The van der Waals surface area contributed by atoms with Gasteiger partial charge in [0.2, 0.25) is 5.91 Å². The fourth-order valence-corrected chi connectivity index (χ4v) is 2.55. The number of carbonyl (C=O) groups is 1. The number of carbonyl (C=O) groups excluding carboxylic acids is 1. The quantitative estimate of drug-likeness (QED) is 0.903. The summed E-state index contributed by atoms with van der Waals surface area (Å²) < 4.78 is 7.13. The lowest BCUT2D eigenvalue weighted by atomic mass is 9.94. The molecular formula is C15H22N2O3. The van der Waals surface area contributed by atoms with Crippen LogP contribution in [0.1, 0.15) is 32.3 Å². The van der Waals surface area contributed by atoms with Gasteiger partial charge in [-0.2, -0.15) is 0 Å². The Morgan fingerprint density at radius 3 is 3.05 bits per heavy atom. The molecule has 1 aliphatic heterocycles. The van der Waals surface area contributed by atoms with Gasteiger partial charge >= 0.3 is 0 Å². The third kappa shape index (κ3) is 3.28. The molecule has 2 rings (SSSR count). The largest absolute Gasteiger partial charge is 0.378 e. The first-order valence-electron chi connectivity index (χ1n) is 7.21. The molecule has 20 heavy (non-hydrogen) atoms. The Morgan fingerprint density at radius 1 is 1.55 bits per heavy atom. The summed E-state index contributed by atoms with van der Waals surface area (Å²) in [5, 5.41) is 2.86. The van der Waals surface area contributed by atoms with Crippen molar-refractivity contribution in [3.8, 4) is 0 Å². The van der Waals surface area contributed by atoms with Crippen molar-refractivity contribution in [1.82, 2.24) is 9.88 Å². The number of amides is 1. The minimum atomic E-state index is -0.110. The monoisotopic (exact) mass is 278 g/mol. The fourth-order valence-electron chi connectivity index (χ4n) is 2.55. The van der Waals surface area contributed by atoms with E-state index in [1.165, 1.54) is 0 Å². The second kappa shape index (κ2) is 6.70. The highest BCUT2D eigenvalue weighted by Gasteiger charge is 2.28. The molecule has 0 bridgehead atoms. The Balaban J connectivity index is 1.98. The molecule has 1 N–H and O–H groups in total. The van der Waals surface area contributed by atoms with Crippen LogP contribution >= 0.6 is 0 Å². The van der Waals surface area contributed by atoms with E-state index in [2.05, 4.69) is 5.32 Å². The lowest BCUT2D eigenvalue weighted by Gasteiger charge is -2.28. The minimum Gasteiger partial charge on any atom is -0.378 e. The van der Waals surface area contributed by atoms with Crippen molar-refractivity contribution in [2.45, 2.75) is 45.9 Å². The van der Waals surface area contributed by atoms with Gasteiger partial charge in [-0.15, -0.1) is 0 Å². The highest BCUT2D eigenvalue weighted by molar-refractivity contribution is 5.79. The van der Waals surface area contributed by atoms with E-state index in [9.17, 15) is 9.59 Å². The van der Waals surface area contributed by atoms with Gasteiger partial charge in [-0.3, -0.25) is 9.59 Å². The van der Waals surface area contributed by atoms with Crippen LogP contribution < -0.4 is 10.9 Å². The normalized spacial score (nSPS) is 22.5. The zero-order valence-electron chi connectivity index (χ0n) is 12.1. The van der Waals surface area contributed by atoms with E-state index in [0.717, 1.165) is 19.4 Å². The average molecular weight is 278 g/mol. The fraction of sp³-hybridized carbons (Fsp3) is 0.600. The van der Waals surface area contributed by atoms with Crippen LogP contribution in [-0.4, -0.2) is 23.2 Å². The summed E-state index contributed by atoms with van der Waals surface area (Å²) in [6.45, 7) is 5.49. The third-order valence-corrected chi connectivity index (χ3v) is 3.84. The lowest BCUT2D eigenvalue weighted by molar-refractivity contribution is -0.133. The van der Waals surface area contributed by atoms with Gasteiger partial charge < -0.3 is 14.6 Å². The topological polar surface area (TPSA) is 60.3 Å². The Bertz CT molecular complexity index is 524. The second-order valence-electron chi connectivity index (χ2n) is 5.17. The molecule has 0 saturated carbocycles. The molecule has 0 aliphatic carbocycles. The molecular weight excluding hydrogens is 256 g/mol. The zero-order valence-corrected chi connectivity index (χ0v) is 12.1. The summed E-state index contributed by atoms with van der Waals surface area (Å²) in [5.74, 6) is -0.135. The number of aryl methyl sites for hydroxylation is 1. The molecule has 5 heteroatoms. The highest BCUT2D eigenvalue weighted by Crippen LogP contribution is 2.20. The molecule has 1 aromatic rings. The highest BCUT2D eigenvalue weighted by atomic mass is 16.5. The maximum atomic E-state index is 12.1. The van der Waals surface area contributed by atoms with Crippen molar-refractivity contribution < 1.29 is 9.53 Å². The van der Waals surface area contributed by atoms with Gasteiger partial charge in [0.1, 0.15) is 0 Å². The molecule has 1 amide bonds. The number of nitrogens with zero attached hydrogens (tertiary/aromatic N) is 1. The van der Waals surface area contributed by atoms with E-state index in [1.807, 2.05) is 19.9 Å². The molecule has 2 heterocycles. The third-order valence-electron chi connectivity index (χ3n) is 3.84. The summed E-state index contributed by atoms with van der Waals surface area (Å²) in [6.07, 6.45) is 3.47. The molecule has 1 saturated heterocycles. The van der Waals surface area contributed by atoms with Gasteiger partial charge in [0.05, 0.1) is 12.0 Å². The molecule has 1 aromatic heterocycles. The minimum absolute atomic E-state index is 0.0245. The first-order chi connectivity index (χ1) is 9.63. The first kappa shape index (κ1) is 14.8. The van der Waals surface area contributed by atoms with Crippen LogP contribution in [0.2, 0.25) is 0 Å². The number of hydrogen-bond donors (Lipinski definition) is 1. The van der Waals surface area contributed by atoms with Gasteiger partial charge in [0.15, 0.2) is 0 Å². The van der Waals surface area contributed by atoms with Gasteiger partial charge in [-0.1, -0.05) is 6.07 Å². The zero-order chi connectivity index (χ0) is 14.5. The Labute approximate surface area is 118 Å². The SMILES string of the molecule is CCn1cccc(CNC(=O)[C@@H]2CCCO[C@H]2C)c1=O. The van der Waals surface area contributed by atoms with Crippen molar-refractivity contribution >= 4 is 5.91 Å². The molecule has 1 fully saturated rings. The molecule has 0 radical (unpaired) electrons. The summed E-state index contributed by atoms with van der Waals surface area (Å²) in [7, 11) is 0. The van der Waals surface area contributed by atoms with Gasteiger partial charge in [-0.25, -0.2) is 0 Å². The second-order valence-corrected chi connectivity index (χ2v) is 5.17. The van der Waals surface area contributed by atoms with E-state index in [-0.39, 0.29) is 30.0 Å². The summed E-state index contributed by atoms with van der Waals surface area (Å²) in [6, 6.07) is 3.59. The van der Waals surface area contributed by atoms with Gasteiger partial charge in [0.25, 0.3) is 5.56 Å². The number of ether oxygens (including phenoxy) is 1. The summed E-state index contributed by atoms with van der Waals surface area (Å²) in [5.41, 5.74) is 0.579. The molecule has 110 valence electrons. The first-order valence-corrected chi connectivity index (χ1v) is 7.21. The van der Waals surface area contributed by atoms with Crippen LogP contribution in [0.4, 0.5) is 0 Å². The predicted molar refractivity (Wildman–Crippen MR) is 76.4 cm³/mol. The van der Waals surface area contributed by atoms with Crippen LogP contribution in [0.25, 0.3) is 0 Å². The van der Waals surface area contributed by atoms with Crippen LogP contribution in [0.3, 0.4) is 0 Å². The predicted octanol–water partition coefficient (Wildman–Crippen LogP) is 1.30. The summed E-state index contributed by atoms with van der Waals surface area (Å²) in [4.78, 5) is 24.2. The Kier molecular flexibility index (Phi) is 4.95. The van der Waals surface area contributed by atoms with Gasteiger partial charge in [-0.05, 0) is 32.8 Å². The van der Waals surface area contributed by atoms with Crippen molar-refractivity contribution in [3.05, 3.63) is 34.2 Å². The average Bonchev–Trinajstić information content (AvgIpc) is 2.46. The summed E-state index contributed by atoms with van der Waals surface area (Å²) >= 11 is 0. The number of aromatic nitrogens is 1. The number of hydrogen-bond acceptors (Lipinski definition) is 3. The Morgan fingerprint density at radius 2 is 2.35 bits per heavy atom. The number of pyridine rings is 1. The van der Waals surface area contributed by atoms with E-state index in [1.54, 1.807) is 16.8 Å². The molecule has 5 nitrogen and oxygen atoms in total. The van der Waals surface area contributed by atoms with E-state index in [0.29, 0.717) is 12.1 Å². The van der Waals surface area contributed by atoms with Crippen molar-refractivity contribution in [1.29, 1.82) is 0 Å². The van der Waals surface area contributed by atoms with Crippen LogP contribution in [0.15, 0.2) is 23.1 Å². The molecule has 2 atom stereocenters. The van der Waals surface area contributed by atoms with Crippen molar-refractivity contribution in [3.63, 3.8) is 0 Å². The number of nitrogens with one attached hydrogen (secondary N) is 1. The van der Waals surface area contributed by atoms with Crippen LogP contribution in [-0.2, 0) is 22.6 Å². The smallest absolute Gasteiger partial charge is 0.255 e. The lowest BCUT2D eigenvalue weighted by Crippen LogP contribution is -2.40. The number of rotatable bonds is 4. The molecule has 0 aromatic carbocycles. The molecule has 0 spiro atoms. The standard InChI is InChI=1S/C15H22N2O3/c1-3-17-8-4-6-12(15(17)19)10-16-14(18)13-7-5-9-20-11(13)2/h4,6,8,11,13H,3,5,7,9-10H2,1-2H3,(H,16,18)/t11-,13+/m0/s1. The molecule has 0 unspecified atom stereocenters. The van der Waals surface area contributed by atoms with Gasteiger partial charge in [0, 0.05) is 31.5 Å². The maximum absolute atomic E-state index is 12.1. The van der Waals surface area contributed by atoms with Crippen LogP contribution in [0, 0.1) is 5.92 Å².